The molecule has 0 saturated carbocycles. The van der Waals surface area contributed by atoms with Gasteiger partial charge in [-0.1, -0.05) is 0 Å². The molecule has 4 heterocycles. The van der Waals surface area contributed by atoms with E-state index in [4.69, 9.17) is 0 Å². The largest absolute Gasteiger partial charge is 0.350 e. The third kappa shape index (κ3) is 3.07. The molecule has 4 aliphatic heterocycles. The summed E-state index contributed by atoms with van der Waals surface area (Å²) in [4.78, 5) is 41.4. The predicted octanol–water partition coefficient (Wildman–Crippen LogP) is 0.0979. The standard InChI is InChI=1S/C19H28F2N4O3/c1-13(26)23-8-4-15(5-9-23)24-6-2-14(3-7-24)16(27)25-11-18(20)10-22-17(28)19(18,21)12-25/h14-15H,2-12H2,1H3,(H,22,28)/t18-,19-/m1/s1. The molecule has 0 spiro atoms. The van der Waals surface area contributed by atoms with Crippen molar-refractivity contribution in [3.63, 3.8) is 0 Å². The van der Waals surface area contributed by atoms with Crippen LogP contribution in [0.5, 0.6) is 0 Å². The molecule has 0 aliphatic carbocycles. The van der Waals surface area contributed by atoms with Gasteiger partial charge in [-0.15, -0.1) is 0 Å². The first-order valence-corrected chi connectivity index (χ1v) is 10.2. The Kier molecular flexibility index (Phi) is 4.84. The monoisotopic (exact) mass is 398 g/mol. The number of piperidine rings is 2. The highest BCUT2D eigenvalue weighted by Crippen LogP contribution is 2.42. The van der Waals surface area contributed by atoms with Gasteiger partial charge in [0.2, 0.25) is 17.5 Å². The summed E-state index contributed by atoms with van der Waals surface area (Å²) in [5.41, 5.74) is -4.93. The maximum Gasteiger partial charge on any atom is 0.263 e. The summed E-state index contributed by atoms with van der Waals surface area (Å²) in [5.74, 6) is -1.31. The van der Waals surface area contributed by atoms with Gasteiger partial charge in [0.15, 0.2) is 5.67 Å². The highest BCUT2D eigenvalue weighted by atomic mass is 19.2. The number of likely N-dealkylation sites (tertiary alicyclic amines) is 3. The van der Waals surface area contributed by atoms with Gasteiger partial charge >= 0.3 is 0 Å². The Hall–Kier alpha value is -1.77. The molecule has 0 radical (unpaired) electrons. The van der Waals surface area contributed by atoms with Gasteiger partial charge in [0.1, 0.15) is 0 Å². The van der Waals surface area contributed by atoms with E-state index in [9.17, 15) is 23.2 Å². The van der Waals surface area contributed by atoms with Crippen molar-refractivity contribution in [3.05, 3.63) is 0 Å². The lowest BCUT2D eigenvalue weighted by molar-refractivity contribution is -0.138. The number of hydrogen-bond donors (Lipinski definition) is 1. The van der Waals surface area contributed by atoms with Crippen molar-refractivity contribution in [2.75, 3.05) is 45.8 Å². The maximum atomic E-state index is 14.8. The topological polar surface area (TPSA) is 73.0 Å². The van der Waals surface area contributed by atoms with Crippen LogP contribution < -0.4 is 5.32 Å². The molecule has 2 atom stereocenters. The summed E-state index contributed by atoms with van der Waals surface area (Å²) in [6.07, 6.45) is 3.20. The van der Waals surface area contributed by atoms with E-state index in [0.717, 1.165) is 39.0 Å². The van der Waals surface area contributed by atoms with Crippen LogP contribution in [0.25, 0.3) is 0 Å². The van der Waals surface area contributed by atoms with Crippen molar-refractivity contribution in [3.8, 4) is 0 Å². The van der Waals surface area contributed by atoms with E-state index in [0.29, 0.717) is 18.9 Å². The van der Waals surface area contributed by atoms with E-state index in [1.165, 1.54) is 4.90 Å². The number of halogens is 2. The van der Waals surface area contributed by atoms with Gasteiger partial charge < -0.3 is 20.0 Å². The van der Waals surface area contributed by atoms with Crippen molar-refractivity contribution in [2.45, 2.75) is 50.0 Å². The van der Waals surface area contributed by atoms with Crippen LogP contribution in [0, 0.1) is 5.92 Å². The number of amides is 3. The first-order valence-electron chi connectivity index (χ1n) is 10.2. The minimum absolute atomic E-state index is 0.114. The second-order valence-electron chi connectivity index (χ2n) is 8.69. The third-order valence-electron chi connectivity index (χ3n) is 7.07. The number of fused-ring (bicyclic) bond motifs is 1. The Bertz CT molecular complexity index is 676. The number of rotatable bonds is 2. The number of carbonyl (C=O) groups is 3. The van der Waals surface area contributed by atoms with Crippen LogP contribution in [-0.2, 0) is 14.4 Å². The van der Waals surface area contributed by atoms with Gasteiger partial charge in [-0.25, -0.2) is 8.78 Å². The number of carbonyl (C=O) groups excluding carboxylic acids is 3. The predicted molar refractivity (Wildman–Crippen MR) is 96.8 cm³/mol. The summed E-state index contributed by atoms with van der Waals surface area (Å²) in [7, 11) is 0. The van der Waals surface area contributed by atoms with Gasteiger partial charge in [0, 0.05) is 32.0 Å². The smallest absolute Gasteiger partial charge is 0.263 e. The second-order valence-corrected chi connectivity index (χ2v) is 8.69. The summed E-state index contributed by atoms with van der Waals surface area (Å²) >= 11 is 0. The Balaban J connectivity index is 1.30. The Morgan fingerprint density at radius 1 is 1.00 bits per heavy atom. The number of alkyl halides is 2. The number of nitrogens with one attached hydrogen (secondary N) is 1. The number of nitrogens with zero attached hydrogens (tertiary/aromatic N) is 3. The first kappa shape index (κ1) is 19.5. The molecular weight excluding hydrogens is 370 g/mol. The van der Waals surface area contributed by atoms with E-state index < -0.39 is 23.8 Å². The average Bonchev–Trinajstić information content (AvgIpc) is 3.09. The fraction of sp³-hybridized carbons (Fsp3) is 0.842. The van der Waals surface area contributed by atoms with Gasteiger partial charge in [-0.05, 0) is 38.8 Å². The molecule has 4 rings (SSSR count). The van der Waals surface area contributed by atoms with Crippen LogP contribution in [0.3, 0.4) is 0 Å². The highest BCUT2D eigenvalue weighted by Gasteiger charge is 2.69. The zero-order chi connectivity index (χ0) is 20.1. The molecule has 1 N–H and O–H groups in total. The maximum absolute atomic E-state index is 14.8. The van der Waals surface area contributed by atoms with Crippen LogP contribution in [-0.4, -0.2) is 95.6 Å². The molecule has 4 saturated heterocycles. The Morgan fingerprint density at radius 3 is 2.21 bits per heavy atom. The van der Waals surface area contributed by atoms with E-state index >= 15 is 0 Å². The van der Waals surface area contributed by atoms with Gasteiger partial charge in [0.05, 0.1) is 19.6 Å². The third-order valence-corrected chi connectivity index (χ3v) is 7.07. The lowest BCUT2D eigenvalue weighted by Crippen LogP contribution is -2.50. The fourth-order valence-electron chi connectivity index (χ4n) is 5.19. The van der Waals surface area contributed by atoms with Crippen molar-refractivity contribution in [2.24, 2.45) is 5.92 Å². The van der Waals surface area contributed by atoms with Gasteiger partial charge in [-0.3, -0.25) is 14.4 Å². The molecule has 28 heavy (non-hydrogen) atoms. The van der Waals surface area contributed by atoms with Crippen molar-refractivity contribution >= 4 is 17.7 Å². The minimum atomic E-state index is -2.62. The fourth-order valence-corrected chi connectivity index (χ4v) is 5.19. The van der Waals surface area contributed by atoms with E-state index in [2.05, 4.69) is 10.2 Å². The molecule has 0 unspecified atom stereocenters. The zero-order valence-corrected chi connectivity index (χ0v) is 16.3. The van der Waals surface area contributed by atoms with Crippen LogP contribution in [0.1, 0.15) is 32.6 Å². The molecule has 4 aliphatic rings. The van der Waals surface area contributed by atoms with Crippen molar-refractivity contribution in [1.29, 1.82) is 0 Å². The summed E-state index contributed by atoms with van der Waals surface area (Å²) < 4.78 is 29.6. The molecule has 0 aromatic carbocycles. The molecular formula is C19H28F2N4O3. The minimum Gasteiger partial charge on any atom is -0.350 e. The average molecular weight is 398 g/mol. The van der Waals surface area contributed by atoms with Crippen LogP contribution >= 0.6 is 0 Å². The summed E-state index contributed by atoms with van der Waals surface area (Å²) in [5, 5.41) is 2.24. The molecule has 0 aromatic rings. The molecule has 0 bridgehead atoms. The highest BCUT2D eigenvalue weighted by molar-refractivity contribution is 5.92. The molecule has 156 valence electrons. The Labute approximate surface area is 163 Å². The van der Waals surface area contributed by atoms with E-state index in [-0.39, 0.29) is 30.8 Å². The SMILES string of the molecule is CC(=O)N1CCC(N2CCC(C(=O)N3C[C@]4(F)CNC(=O)[C@]4(F)C3)CC2)CC1. The molecule has 7 nitrogen and oxygen atoms in total. The summed E-state index contributed by atoms with van der Waals surface area (Å²) in [6, 6.07) is 0.421. The molecule has 4 fully saturated rings. The molecule has 9 heteroatoms. The molecule has 3 amide bonds. The number of hydrogen-bond acceptors (Lipinski definition) is 4. The van der Waals surface area contributed by atoms with Gasteiger partial charge in [0.25, 0.3) is 5.91 Å². The summed E-state index contributed by atoms with van der Waals surface area (Å²) in [6.45, 7) is 3.47. The molecule has 0 aromatic heterocycles. The van der Waals surface area contributed by atoms with Crippen LogP contribution in [0.2, 0.25) is 0 Å². The van der Waals surface area contributed by atoms with E-state index in [1.807, 2.05) is 4.90 Å². The zero-order valence-electron chi connectivity index (χ0n) is 16.3. The first-order chi connectivity index (χ1) is 13.2. The van der Waals surface area contributed by atoms with Gasteiger partial charge in [-0.2, -0.15) is 0 Å². The van der Waals surface area contributed by atoms with Crippen molar-refractivity contribution in [1.82, 2.24) is 20.0 Å². The van der Waals surface area contributed by atoms with E-state index in [1.54, 1.807) is 6.92 Å². The Morgan fingerprint density at radius 2 is 1.64 bits per heavy atom. The second kappa shape index (κ2) is 6.93. The lowest BCUT2D eigenvalue weighted by atomic mass is 9.92. The van der Waals surface area contributed by atoms with Crippen LogP contribution in [0.4, 0.5) is 8.78 Å². The van der Waals surface area contributed by atoms with Crippen LogP contribution in [0.15, 0.2) is 0 Å². The quantitative estimate of drug-likeness (QED) is 0.716. The van der Waals surface area contributed by atoms with Crippen molar-refractivity contribution < 1.29 is 23.2 Å². The lowest BCUT2D eigenvalue weighted by Gasteiger charge is -2.41. The normalized spacial score (nSPS) is 35.2.